The minimum Gasteiger partial charge on any atom is -0.497 e. The fourth-order valence-electron chi connectivity index (χ4n) is 3.89. The molecule has 1 aliphatic heterocycles. The first-order valence-corrected chi connectivity index (χ1v) is 11.2. The second kappa shape index (κ2) is 10.8. The predicted molar refractivity (Wildman–Crippen MR) is 130 cm³/mol. The van der Waals surface area contributed by atoms with Gasteiger partial charge in [-0.1, -0.05) is 35.5 Å². The Labute approximate surface area is 194 Å². The quantitative estimate of drug-likeness (QED) is 0.401. The lowest BCUT2D eigenvalue weighted by atomic mass is 10.2. The van der Waals surface area contributed by atoms with Crippen LogP contribution in [0.15, 0.2) is 64.1 Å². The Balaban J connectivity index is 1.39. The normalized spacial score (nSPS) is 16.0. The Kier molecular flexibility index (Phi) is 7.34. The van der Waals surface area contributed by atoms with E-state index < -0.39 is 0 Å². The summed E-state index contributed by atoms with van der Waals surface area (Å²) >= 11 is 0. The molecule has 1 atom stereocenters. The molecule has 0 aliphatic carbocycles. The molecular formula is C25H31N5O3. The lowest BCUT2D eigenvalue weighted by molar-refractivity contribution is 0.394. The maximum absolute atomic E-state index is 5.49. The number of aliphatic imine (C=N–C) groups is 1. The summed E-state index contributed by atoms with van der Waals surface area (Å²) in [6.07, 6.45) is 1.01. The van der Waals surface area contributed by atoms with E-state index in [9.17, 15) is 0 Å². The molecule has 1 fully saturated rings. The summed E-state index contributed by atoms with van der Waals surface area (Å²) in [4.78, 5) is 7.05. The first-order chi connectivity index (χ1) is 16.2. The molecule has 0 saturated carbocycles. The van der Waals surface area contributed by atoms with Gasteiger partial charge in [-0.15, -0.1) is 0 Å². The molecule has 1 aliphatic rings. The molecule has 33 heavy (non-hydrogen) atoms. The molecule has 1 unspecified atom stereocenters. The summed E-state index contributed by atoms with van der Waals surface area (Å²) in [7, 11) is 3.34. The second-order valence-electron chi connectivity index (χ2n) is 7.89. The SMILES string of the molecule is CCNC(=NCc1cc(-c2ccccc2)on1)NC1CCN(c2cc(OC)cc(OC)c2)C1. The van der Waals surface area contributed by atoms with Crippen LogP contribution < -0.4 is 25.0 Å². The first kappa shape index (κ1) is 22.5. The Morgan fingerprint density at radius 2 is 1.88 bits per heavy atom. The molecule has 0 spiro atoms. The zero-order valence-corrected chi connectivity index (χ0v) is 19.4. The molecule has 1 aromatic heterocycles. The zero-order valence-electron chi connectivity index (χ0n) is 19.4. The van der Waals surface area contributed by atoms with Gasteiger partial charge in [-0.25, -0.2) is 4.99 Å². The smallest absolute Gasteiger partial charge is 0.191 e. The number of ether oxygens (including phenoxy) is 2. The van der Waals surface area contributed by atoms with E-state index in [1.165, 1.54) is 0 Å². The number of hydrogen-bond donors (Lipinski definition) is 2. The highest BCUT2D eigenvalue weighted by atomic mass is 16.5. The molecule has 0 radical (unpaired) electrons. The monoisotopic (exact) mass is 449 g/mol. The standard InChI is InChI=1S/C25H31N5O3/c1-4-26-25(27-16-20-12-24(33-29-20)18-8-6-5-7-9-18)28-19-10-11-30(17-19)21-13-22(31-2)15-23(14-21)32-3/h5-9,12-15,19H,4,10-11,16-17H2,1-3H3,(H2,26,27,28). The summed E-state index contributed by atoms with van der Waals surface area (Å²) in [6.45, 7) is 5.09. The van der Waals surface area contributed by atoms with E-state index in [-0.39, 0.29) is 6.04 Å². The van der Waals surface area contributed by atoms with Crippen molar-refractivity contribution in [1.29, 1.82) is 0 Å². The van der Waals surface area contributed by atoms with Gasteiger partial charge in [0.25, 0.3) is 0 Å². The van der Waals surface area contributed by atoms with Crippen molar-refractivity contribution < 1.29 is 14.0 Å². The van der Waals surface area contributed by atoms with E-state index >= 15 is 0 Å². The summed E-state index contributed by atoms with van der Waals surface area (Å²) in [5.41, 5.74) is 2.89. The number of rotatable bonds is 8. The molecule has 8 nitrogen and oxygen atoms in total. The third kappa shape index (κ3) is 5.77. The van der Waals surface area contributed by atoms with Crippen molar-refractivity contribution in [2.45, 2.75) is 25.9 Å². The maximum Gasteiger partial charge on any atom is 0.191 e. The highest BCUT2D eigenvalue weighted by Gasteiger charge is 2.24. The number of nitrogens with zero attached hydrogens (tertiary/aromatic N) is 3. The second-order valence-corrected chi connectivity index (χ2v) is 7.89. The molecule has 3 aromatic rings. The molecule has 174 valence electrons. The molecule has 0 bridgehead atoms. The van der Waals surface area contributed by atoms with Crippen LogP contribution in [0.25, 0.3) is 11.3 Å². The molecule has 1 saturated heterocycles. The first-order valence-electron chi connectivity index (χ1n) is 11.2. The van der Waals surface area contributed by atoms with Gasteiger partial charge in [-0.05, 0) is 13.3 Å². The van der Waals surface area contributed by atoms with Crippen molar-refractivity contribution in [1.82, 2.24) is 15.8 Å². The van der Waals surface area contributed by atoms with Gasteiger partial charge in [0.05, 0.1) is 20.8 Å². The highest BCUT2D eigenvalue weighted by Crippen LogP contribution is 2.30. The van der Waals surface area contributed by atoms with Crippen LogP contribution in [-0.2, 0) is 6.54 Å². The van der Waals surface area contributed by atoms with Gasteiger partial charge in [0, 0.05) is 61.2 Å². The van der Waals surface area contributed by atoms with E-state index in [4.69, 9.17) is 19.0 Å². The molecule has 0 amide bonds. The van der Waals surface area contributed by atoms with Crippen LogP contribution in [0.5, 0.6) is 11.5 Å². The Hall–Kier alpha value is -3.68. The van der Waals surface area contributed by atoms with Gasteiger partial charge in [0.2, 0.25) is 0 Å². The fraction of sp³-hybridized carbons (Fsp3) is 0.360. The summed E-state index contributed by atoms with van der Waals surface area (Å²) < 4.78 is 16.3. The predicted octanol–water partition coefficient (Wildman–Crippen LogP) is 3.69. The average molecular weight is 450 g/mol. The van der Waals surface area contributed by atoms with Crippen LogP contribution in [-0.4, -0.2) is 51.0 Å². The Morgan fingerprint density at radius 1 is 1.12 bits per heavy atom. The van der Waals surface area contributed by atoms with Crippen LogP contribution >= 0.6 is 0 Å². The minimum absolute atomic E-state index is 0.275. The van der Waals surface area contributed by atoms with Gasteiger partial charge in [0.1, 0.15) is 17.2 Å². The summed E-state index contributed by atoms with van der Waals surface area (Å²) in [5.74, 6) is 3.10. The molecule has 2 N–H and O–H groups in total. The Morgan fingerprint density at radius 3 is 2.58 bits per heavy atom. The van der Waals surface area contributed by atoms with E-state index in [2.05, 4.69) is 27.6 Å². The molecule has 2 heterocycles. The molecule has 4 rings (SSSR count). The van der Waals surface area contributed by atoms with Gasteiger partial charge >= 0.3 is 0 Å². The van der Waals surface area contributed by atoms with Crippen LogP contribution in [0.3, 0.4) is 0 Å². The van der Waals surface area contributed by atoms with Crippen molar-refractivity contribution in [3.63, 3.8) is 0 Å². The maximum atomic E-state index is 5.49. The summed E-state index contributed by atoms with van der Waals surface area (Å²) in [5, 5.41) is 11.1. The highest BCUT2D eigenvalue weighted by molar-refractivity contribution is 5.80. The van der Waals surface area contributed by atoms with E-state index in [1.54, 1.807) is 14.2 Å². The van der Waals surface area contributed by atoms with E-state index in [1.807, 2.05) is 54.6 Å². The van der Waals surface area contributed by atoms with E-state index in [0.29, 0.717) is 6.54 Å². The van der Waals surface area contributed by atoms with Gasteiger partial charge in [0.15, 0.2) is 11.7 Å². The van der Waals surface area contributed by atoms with Crippen LogP contribution in [0.4, 0.5) is 5.69 Å². The minimum atomic E-state index is 0.275. The van der Waals surface area contributed by atoms with Gasteiger partial charge in [-0.2, -0.15) is 0 Å². The lowest BCUT2D eigenvalue weighted by Crippen LogP contribution is -2.44. The van der Waals surface area contributed by atoms with Crippen molar-refractivity contribution in [3.05, 3.63) is 60.3 Å². The topological polar surface area (TPSA) is 84.2 Å². The molecule has 8 heteroatoms. The van der Waals surface area contributed by atoms with Crippen LogP contribution in [0.1, 0.15) is 19.0 Å². The lowest BCUT2D eigenvalue weighted by Gasteiger charge is -2.21. The zero-order chi connectivity index (χ0) is 23.0. The number of anilines is 1. The van der Waals surface area contributed by atoms with Crippen molar-refractivity contribution in [3.8, 4) is 22.8 Å². The number of nitrogens with one attached hydrogen (secondary N) is 2. The largest absolute Gasteiger partial charge is 0.497 e. The third-order valence-corrected chi connectivity index (χ3v) is 5.59. The Bertz CT molecular complexity index is 1040. The number of methoxy groups -OCH3 is 2. The van der Waals surface area contributed by atoms with Gasteiger partial charge in [-0.3, -0.25) is 0 Å². The van der Waals surface area contributed by atoms with Crippen LogP contribution in [0, 0.1) is 0 Å². The van der Waals surface area contributed by atoms with Crippen molar-refractivity contribution in [2.75, 3.05) is 38.8 Å². The van der Waals surface area contributed by atoms with E-state index in [0.717, 1.165) is 66.2 Å². The van der Waals surface area contributed by atoms with Gasteiger partial charge < -0.3 is 29.5 Å². The van der Waals surface area contributed by atoms with Crippen LogP contribution in [0.2, 0.25) is 0 Å². The fourth-order valence-corrected chi connectivity index (χ4v) is 3.89. The third-order valence-electron chi connectivity index (χ3n) is 5.59. The summed E-state index contributed by atoms with van der Waals surface area (Å²) in [6, 6.07) is 18.1. The van der Waals surface area contributed by atoms with Crippen molar-refractivity contribution >= 4 is 11.6 Å². The number of benzene rings is 2. The molecular weight excluding hydrogens is 418 g/mol. The number of guanidine groups is 1. The average Bonchev–Trinajstić information content (AvgIpc) is 3.53. The number of aromatic nitrogens is 1. The van der Waals surface area contributed by atoms with Crippen molar-refractivity contribution in [2.24, 2.45) is 4.99 Å². The number of hydrogen-bond acceptors (Lipinski definition) is 6. The molecule has 2 aromatic carbocycles.